The minimum Gasteiger partial charge on any atom is -0.493 e. The van der Waals surface area contributed by atoms with E-state index in [1.165, 1.54) is 21.9 Å². The highest BCUT2D eigenvalue weighted by Gasteiger charge is 2.42. The first-order chi connectivity index (χ1) is 15.8. The van der Waals surface area contributed by atoms with Crippen LogP contribution in [0.2, 0.25) is 0 Å². The Bertz CT molecular complexity index is 1320. The van der Waals surface area contributed by atoms with Crippen molar-refractivity contribution >= 4 is 16.5 Å². The van der Waals surface area contributed by atoms with Gasteiger partial charge in [-0.05, 0) is 35.9 Å². The number of rotatable bonds is 4. The molecule has 0 fully saturated rings. The lowest BCUT2D eigenvalue weighted by molar-refractivity contribution is -0.0205. The van der Waals surface area contributed by atoms with Crippen LogP contribution in [-0.2, 0) is 0 Å². The number of para-hydroxylation sites is 2. The van der Waals surface area contributed by atoms with Crippen LogP contribution >= 0.6 is 0 Å². The molecule has 0 aromatic heterocycles. The van der Waals surface area contributed by atoms with Crippen LogP contribution in [0.4, 0.5) is 0 Å². The number of benzene rings is 4. The Morgan fingerprint density at radius 2 is 1.62 bits per heavy atom. The monoisotopic (exact) mass is 420 g/mol. The second-order valence-electron chi connectivity index (χ2n) is 8.15. The molecule has 158 valence electrons. The largest absolute Gasteiger partial charge is 0.493 e. The first-order valence-electron chi connectivity index (χ1n) is 11.1. The summed E-state index contributed by atoms with van der Waals surface area (Å²) in [6, 6.07) is 31.5. The lowest BCUT2D eigenvalue weighted by Crippen LogP contribution is -2.34. The zero-order valence-electron chi connectivity index (χ0n) is 17.9. The molecule has 0 radical (unpaired) electrons. The summed E-state index contributed by atoms with van der Waals surface area (Å²) in [5.74, 6) is 1.76. The Kier molecular flexibility index (Phi) is 4.57. The van der Waals surface area contributed by atoms with Crippen molar-refractivity contribution in [3.63, 3.8) is 0 Å². The molecule has 0 N–H and O–H groups in total. The number of nitrogens with zero attached hydrogens (tertiary/aromatic N) is 2. The molecule has 4 aromatic carbocycles. The predicted molar refractivity (Wildman–Crippen MR) is 127 cm³/mol. The van der Waals surface area contributed by atoms with Crippen molar-refractivity contribution in [2.24, 2.45) is 5.10 Å². The molecule has 2 atom stereocenters. The van der Waals surface area contributed by atoms with E-state index < -0.39 is 0 Å². The van der Waals surface area contributed by atoms with E-state index >= 15 is 0 Å². The lowest BCUT2D eigenvalue weighted by Gasteiger charge is -2.38. The van der Waals surface area contributed by atoms with Crippen LogP contribution in [0.1, 0.15) is 42.3 Å². The van der Waals surface area contributed by atoms with Gasteiger partial charge < -0.3 is 9.47 Å². The molecule has 2 aliphatic heterocycles. The molecule has 0 saturated carbocycles. The van der Waals surface area contributed by atoms with Gasteiger partial charge in [-0.1, -0.05) is 72.8 Å². The summed E-state index contributed by atoms with van der Waals surface area (Å²) in [6.07, 6.45) is 0.493. The molecule has 2 aliphatic rings. The first-order valence-corrected chi connectivity index (χ1v) is 11.1. The molecule has 0 aliphatic carbocycles. The normalized spacial score (nSPS) is 19.2. The van der Waals surface area contributed by atoms with Crippen LogP contribution in [0, 0.1) is 0 Å². The van der Waals surface area contributed by atoms with E-state index in [0.29, 0.717) is 6.61 Å². The quantitative estimate of drug-likeness (QED) is 0.379. The third-order valence-electron chi connectivity index (χ3n) is 6.28. The molecule has 0 amide bonds. The molecule has 6 rings (SSSR count). The van der Waals surface area contributed by atoms with Gasteiger partial charge >= 0.3 is 0 Å². The predicted octanol–water partition coefficient (Wildman–Crippen LogP) is 6.48. The Labute approximate surface area is 187 Å². The number of fused-ring (bicyclic) bond motifs is 4. The number of ether oxygens (including phenoxy) is 2. The van der Waals surface area contributed by atoms with Crippen molar-refractivity contribution in [1.82, 2.24) is 5.01 Å². The molecule has 0 saturated heterocycles. The maximum atomic E-state index is 6.53. The molecular weight excluding hydrogens is 396 g/mol. The summed E-state index contributed by atoms with van der Waals surface area (Å²) >= 11 is 0. The van der Waals surface area contributed by atoms with E-state index in [0.717, 1.165) is 29.2 Å². The molecule has 0 spiro atoms. The summed E-state index contributed by atoms with van der Waals surface area (Å²) in [4.78, 5) is 0. The van der Waals surface area contributed by atoms with Crippen molar-refractivity contribution in [2.75, 3.05) is 6.61 Å². The van der Waals surface area contributed by atoms with Crippen molar-refractivity contribution in [1.29, 1.82) is 0 Å². The van der Waals surface area contributed by atoms with Crippen molar-refractivity contribution in [2.45, 2.75) is 25.6 Å². The highest BCUT2D eigenvalue weighted by molar-refractivity contribution is 6.11. The minimum absolute atomic E-state index is 0.119. The SMILES string of the molecule is CCOc1ccccc1[C@@H]1Oc2ccccc2[C@H]2CC(c3cccc4ccccc34)=NN21. The van der Waals surface area contributed by atoms with E-state index in [2.05, 4.69) is 71.7 Å². The van der Waals surface area contributed by atoms with E-state index in [9.17, 15) is 0 Å². The van der Waals surface area contributed by atoms with Gasteiger partial charge in [-0.15, -0.1) is 0 Å². The Morgan fingerprint density at radius 1 is 0.875 bits per heavy atom. The standard InChI is InChI=1S/C28H24N2O2/c1-2-31-26-16-7-6-14-23(26)28-30-25(22-13-5-8-17-27(22)32-28)18-24(29-30)21-15-9-11-19-10-3-4-12-20(19)21/h3-17,25,28H,2,18H2,1H3/t25-,28+/m1/s1. The average Bonchev–Trinajstić information content (AvgIpc) is 3.29. The summed E-state index contributed by atoms with van der Waals surface area (Å²) in [6.45, 7) is 2.61. The minimum atomic E-state index is -0.342. The second-order valence-corrected chi connectivity index (χ2v) is 8.15. The highest BCUT2D eigenvalue weighted by Crippen LogP contribution is 2.49. The maximum Gasteiger partial charge on any atom is 0.217 e. The summed E-state index contributed by atoms with van der Waals surface area (Å²) in [7, 11) is 0. The highest BCUT2D eigenvalue weighted by atomic mass is 16.5. The summed E-state index contributed by atoms with van der Waals surface area (Å²) in [5.41, 5.74) is 4.45. The third-order valence-corrected chi connectivity index (χ3v) is 6.28. The molecule has 4 aromatic rings. The molecule has 4 heteroatoms. The van der Waals surface area contributed by atoms with Gasteiger partial charge in [-0.3, -0.25) is 0 Å². The Balaban J connectivity index is 1.49. The number of hydrazone groups is 1. The Morgan fingerprint density at radius 3 is 2.53 bits per heavy atom. The molecular formula is C28H24N2O2. The van der Waals surface area contributed by atoms with Gasteiger partial charge in [0.05, 0.1) is 23.9 Å². The summed E-state index contributed by atoms with van der Waals surface area (Å²) < 4.78 is 12.5. The smallest absolute Gasteiger partial charge is 0.217 e. The average molecular weight is 421 g/mol. The molecule has 2 heterocycles. The second kappa shape index (κ2) is 7.72. The van der Waals surface area contributed by atoms with Crippen LogP contribution in [-0.4, -0.2) is 17.3 Å². The van der Waals surface area contributed by atoms with Gasteiger partial charge in [0.25, 0.3) is 0 Å². The van der Waals surface area contributed by atoms with Gasteiger partial charge in [0.15, 0.2) is 0 Å². The van der Waals surface area contributed by atoms with E-state index in [1.807, 2.05) is 31.2 Å². The van der Waals surface area contributed by atoms with Crippen LogP contribution in [0.3, 0.4) is 0 Å². The molecule has 0 bridgehead atoms. The maximum absolute atomic E-state index is 6.53. The number of hydrogen-bond acceptors (Lipinski definition) is 4. The van der Waals surface area contributed by atoms with Gasteiger partial charge in [0.1, 0.15) is 11.5 Å². The summed E-state index contributed by atoms with van der Waals surface area (Å²) in [5, 5.41) is 9.74. The van der Waals surface area contributed by atoms with Crippen LogP contribution < -0.4 is 9.47 Å². The molecule has 4 nitrogen and oxygen atoms in total. The molecule has 32 heavy (non-hydrogen) atoms. The van der Waals surface area contributed by atoms with Crippen LogP contribution in [0.25, 0.3) is 10.8 Å². The zero-order valence-corrected chi connectivity index (χ0v) is 17.9. The van der Waals surface area contributed by atoms with Gasteiger partial charge in [0.2, 0.25) is 6.23 Å². The number of hydrogen-bond donors (Lipinski definition) is 0. The van der Waals surface area contributed by atoms with Crippen molar-refractivity contribution < 1.29 is 9.47 Å². The molecule has 0 unspecified atom stereocenters. The third kappa shape index (κ3) is 3.02. The van der Waals surface area contributed by atoms with Gasteiger partial charge in [-0.25, -0.2) is 5.01 Å². The lowest BCUT2D eigenvalue weighted by atomic mass is 9.93. The topological polar surface area (TPSA) is 34.1 Å². The fourth-order valence-corrected chi connectivity index (χ4v) is 4.85. The fourth-order valence-electron chi connectivity index (χ4n) is 4.85. The fraction of sp³-hybridized carbons (Fsp3) is 0.179. The van der Waals surface area contributed by atoms with Crippen LogP contribution in [0.15, 0.2) is 96.1 Å². The van der Waals surface area contributed by atoms with Crippen LogP contribution in [0.5, 0.6) is 11.5 Å². The van der Waals surface area contributed by atoms with Gasteiger partial charge in [0, 0.05) is 17.5 Å². The Hall–Kier alpha value is -3.79. The van der Waals surface area contributed by atoms with Gasteiger partial charge in [-0.2, -0.15) is 5.10 Å². The van der Waals surface area contributed by atoms with E-state index in [-0.39, 0.29) is 12.3 Å². The first kappa shape index (κ1) is 18.9. The van der Waals surface area contributed by atoms with E-state index in [1.54, 1.807) is 0 Å². The van der Waals surface area contributed by atoms with Crippen molar-refractivity contribution in [3.05, 3.63) is 108 Å². The zero-order chi connectivity index (χ0) is 21.5. The van der Waals surface area contributed by atoms with Crippen molar-refractivity contribution in [3.8, 4) is 11.5 Å². The van der Waals surface area contributed by atoms with E-state index in [4.69, 9.17) is 14.6 Å².